The number of aliphatic hydroxyl groups excluding tert-OH is 1. The minimum atomic E-state index is -0.259. The van der Waals surface area contributed by atoms with Crippen LogP contribution in [0.15, 0.2) is 37.1 Å². The van der Waals surface area contributed by atoms with E-state index in [2.05, 4.69) is 46.1 Å². The smallest absolute Gasteiger partial charge is 0.210 e. The third kappa shape index (κ3) is 3.75. The Hall–Kier alpha value is -3.70. The van der Waals surface area contributed by atoms with E-state index < -0.39 is 0 Å². The zero-order valence-electron chi connectivity index (χ0n) is 20.3. The topological polar surface area (TPSA) is 120 Å². The highest BCUT2D eigenvalue weighted by Crippen LogP contribution is 2.39. The van der Waals surface area contributed by atoms with Crippen molar-refractivity contribution in [1.29, 1.82) is 0 Å². The maximum absolute atomic E-state index is 9.81. The predicted molar refractivity (Wildman–Crippen MR) is 135 cm³/mol. The number of ether oxygens (including phenoxy) is 1. The first-order chi connectivity index (χ1) is 17.2. The molecule has 0 radical (unpaired) electrons. The number of hydrogen-bond donors (Lipinski definition) is 2. The molecule has 5 aromatic rings. The van der Waals surface area contributed by atoms with E-state index in [9.17, 15) is 5.11 Å². The van der Waals surface area contributed by atoms with E-state index >= 15 is 0 Å². The standard InChI is InChI=1S/C24H26ClN9O2/c1-24(2,3)18-9-19(31-34(18)13-7-14(35)8-13)29-23-30-22-21(32(23)4)20(25)17(11-27-22)36-16-12-28-33-6-5-26-10-15(16)33/h5-6,9-14,35H,7-8H2,1-4H3,(H,27,29,30,31)/t13-,14+. The number of pyridine rings is 1. The summed E-state index contributed by atoms with van der Waals surface area (Å²) in [6.07, 6.45) is 9.38. The molecule has 0 aliphatic heterocycles. The number of nitrogens with zero attached hydrogens (tertiary/aromatic N) is 8. The fraction of sp³-hybridized carbons (Fsp3) is 0.375. The first-order valence-electron chi connectivity index (χ1n) is 11.7. The van der Waals surface area contributed by atoms with Crippen LogP contribution in [-0.2, 0) is 12.5 Å². The van der Waals surface area contributed by atoms with Crippen molar-refractivity contribution < 1.29 is 9.84 Å². The quantitative estimate of drug-likeness (QED) is 0.359. The number of rotatable bonds is 5. The molecule has 0 bridgehead atoms. The van der Waals surface area contributed by atoms with Gasteiger partial charge < -0.3 is 19.7 Å². The van der Waals surface area contributed by atoms with Gasteiger partial charge >= 0.3 is 0 Å². The molecular weight excluding hydrogens is 482 g/mol. The van der Waals surface area contributed by atoms with Gasteiger partial charge in [-0.25, -0.2) is 9.50 Å². The number of nitrogens with one attached hydrogen (secondary N) is 1. The molecule has 1 saturated carbocycles. The fourth-order valence-corrected chi connectivity index (χ4v) is 4.77. The van der Waals surface area contributed by atoms with E-state index in [1.165, 1.54) is 0 Å². The Morgan fingerprint density at radius 2 is 1.97 bits per heavy atom. The highest BCUT2D eigenvalue weighted by Gasteiger charge is 2.34. The number of halogens is 1. The lowest BCUT2D eigenvalue weighted by molar-refractivity contribution is 0.0411. The van der Waals surface area contributed by atoms with Gasteiger partial charge in [-0.1, -0.05) is 32.4 Å². The molecule has 0 spiro atoms. The molecule has 0 unspecified atom stereocenters. The molecule has 2 N–H and O–H groups in total. The van der Waals surface area contributed by atoms with E-state index in [0.29, 0.717) is 57.8 Å². The van der Waals surface area contributed by atoms with Crippen LogP contribution in [0.25, 0.3) is 16.7 Å². The van der Waals surface area contributed by atoms with E-state index in [-0.39, 0.29) is 17.6 Å². The van der Waals surface area contributed by atoms with Crippen molar-refractivity contribution in [3.05, 3.63) is 47.8 Å². The molecule has 0 atom stereocenters. The van der Waals surface area contributed by atoms with Gasteiger partial charge in [-0.05, 0) is 12.8 Å². The van der Waals surface area contributed by atoms with Gasteiger partial charge in [0.2, 0.25) is 5.95 Å². The summed E-state index contributed by atoms with van der Waals surface area (Å²) in [6.45, 7) is 6.46. The number of aliphatic hydroxyl groups is 1. The predicted octanol–water partition coefficient (Wildman–Crippen LogP) is 4.39. The van der Waals surface area contributed by atoms with Crippen LogP contribution in [0.1, 0.15) is 45.3 Å². The molecule has 1 aliphatic rings. The second-order valence-electron chi connectivity index (χ2n) is 10.1. The summed E-state index contributed by atoms with van der Waals surface area (Å²) < 4.78 is 11.6. The summed E-state index contributed by atoms with van der Waals surface area (Å²) >= 11 is 6.76. The highest BCUT2D eigenvalue weighted by atomic mass is 35.5. The van der Waals surface area contributed by atoms with Crippen molar-refractivity contribution in [3.63, 3.8) is 0 Å². The number of imidazole rings is 1. The van der Waals surface area contributed by atoms with Crippen LogP contribution in [0.5, 0.6) is 11.5 Å². The zero-order chi connectivity index (χ0) is 25.2. The minimum Gasteiger partial charge on any atom is -0.450 e. The van der Waals surface area contributed by atoms with Gasteiger partial charge in [0.25, 0.3) is 0 Å². The molecule has 6 rings (SSSR count). The Kier molecular flexibility index (Phi) is 5.16. The number of hydrogen-bond acceptors (Lipinski definition) is 8. The zero-order valence-corrected chi connectivity index (χ0v) is 21.1. The van der Waals surface area contributed by atoms with Gasteiger partial charge in [0, 0.05) is 36.6 Å². The van der Waals surface area contributed by atoms with Crippen molar-refractivity contribution in [1.82, 2.24) is 38.9 Å². The molecule has 1 fully saturated rings. The third-order valence-corrected chi connectivity index (χ3v) is 6.86. The third-order valence-electron chi connectivity index (χ3n) is 6.49. The van der Waals surface area contributed by atoms with Crippen LogP contribution in [-0.4, -0.2) is 50.1 Å². The van der Waals surface area contributed by atoms with Crippen LogP contribution >= 0.6 is 11.6 Å². The van der Waals surface area contributed by atoms with Crippen molar-refractivity contribution in [3.8, 4) is 11.5 Å². The summed E-state index contributed by atoms with van der Waals surface area (Å²) in [4.78, 5) is 13.2. The Labute approximate surface area is 211 Å². The number of anilines is 2. The number of aromatic nitrogens is 8. The largest absolute Gasteiger partial charge is 0.450 e. The molecule has 0 amide bonds. The summed E-state index contributed by atoms with van der Waals surface area (Å²) in [5.41, 5.74) is 2.81. The lowest BCUT2D eigenvalue weighted by atomic mass is 9.87. The fourth-order valence-electron chi connectivity index (χ4n) is 4.47. The van der Waals surface area contributed by atoms with Crippen LogP contribution in [0.2, 0.25) is 5.02 Å². The second-order valence-corrected chi connectivity index (χ2v) is 10.5. The van der Waals surface area contributed by atoms with Crippen molar-refractivity contribution >= 4 is 40.0 Å². The molecule has 0 aromatic carbocycles. The molecule has 12 heteroatoms. The molecule has 5 aromatic heterocycles. The van der Waals surface area contributed by atoms with E-state index in [1.54, 1.807) is 35.5 Å². The molecule has 0 saturated heterocycles. The van der Waals surface area contributed by atoms with Crippen molar-refractivity contribution in [2.24, 2.45) is 7.05 Å². The summed E-state index contributed by atoms with van der Waals surface area (Å²) in [5, 5.41) is 22.6. The molecule has 11 nitrogen and oxygen atoms in total. The molecule has 36 heavy (non-hydrogen) atoms. The summed E-state index contributed by atoms with van der Waals surface area (Å²) in [6, 6.07) is 2.23. The Balaban J connectivity index is 1.33. The maximum Gasteiger partial charge on any atom is 0.210 e. The average molecular weight is 508 g/mol. The van der Waals surface area contributed by atoms with E-state index in [1.807, 2.05) is 22.4 Å². The average Bonchev–Trinajstić information content (AvgIpc) is 3.50. The van der Waals surface area contributed by atoms with Crippen molar-refractivity contribution in [2.45, 2.75) is 51.2 Å². The molecule has 1 aliphatic carbocycles. The van der Waals surface area contributed by atoms with Gasteiger partial charge in [0.05, 0.1) is 30.7 Å². The highest BCUT2D eigenvalue weighted by molar-refractivity contribution is 6.36. The number of fused-ring (bicyclic) bond motifs is 2. The number of aryl methyl sites for hydroxylation is 1. The summed E-state index contributed by atoms with van der Waals surface area (Å²) in [7, 11) is 1.86. The molecular formula is C24H26ClN9O2. The van der Waals surface area contributed by atoms with Gasteiger partial charge in [-0.2, -0.15) is 15.2 Å². The lowest BCUT2D eigenvalue weighted by Crippen LogP contribution is -2.34. The minimum absolute atomic E-state index is 0.107. The van der Waals surface area contributed by atoms with E-state index in [0.717, 1.165) is 5.69 Å². The first kappa shape index (κ1) is 22.7. The normalized spacial score (nSPS) is 18.1. The molecule has 5 heterocycles. The van der Waals surface area contributed by atoms with Crippen LogP contribution in [0.4, 0.5) is 11.8 Å². The SMILES string of the molecule is Cn1c(Nc2cc(C(C)(C)C)n([C@H]3C[C@@H](O)C3)n2)nc2ncc(Oc3cnn4ccncc34)c(Cl)c21. The van der Waals surface area contributed by atoms with Gasteiger partial charge in [0.15, 0.2) is 23.0 Å². The monoisotopic (exact) mass is 507 g/mol. The van der Waals surface area contributed by atoms with Gasteiger partial charge in [-0.3, -0.25) is 9.67 Å². The molecule has 186 valence electrons. The first-order valence-corrected chi connectivity index (χ1v) is 12.1. The maximum atomic E-state index is 9.81. The summed E-state index contributed by atoms with van der Waals surface area (Å²) in [5.74, 6) is 2.13. The second kappa shape index (κ2) is 8.17. The van der Waals surface area contributed by atoms with Gasteiger partial charge in [-0.15, -0.1) is 0 Å². The van der Waals surface area contributed by atoms with Gasteiger partial charge in [0.1, 0.15) is 16.1 Å². The Morgan fingerprint density at radius 1 is 1.17 bits per heavy atom. The van der Waals surface area contributed by atoms with Crippen molar-refractivity contribution in [2.75, 3.05) is 5.32 Å². The Bertz CT molecular complexity index is 1590. The Morgan fingerprint density at radius 3 is 2.72 bits per heavy atom. The van der Waals surface area contributed by atoms with Crippen LogP contribution in [0.3, 0.4) is 0 Å². The van der Waals surface area contributed by atoms with Crippen LogP contribution in [0, 0.1) is 0 Å². The lowest BCUT2D eigenvalue weighted by Gasteiger charge is -2.34. The van der Waals surface area contributed by atoms with Crippen LogP contribution < -0.4 is 10.1 Å². The van der Waals surface area contributed by atoms with E-state index in [4.69, 9.17) is 21.4 Å².